The van der Waals surface area contributed by atoms with Crippen molar-refractivity contribution in [2.24, 2.45) is 0 Å². The van der Waals surface area contributed by atoms with Crippen molar-refractivity contribution in [3.8, 4) is 0 Å². The van der Waals surface area contributed by atoms with Crippen LogP contribution in [0.5, 0.6) is 0 Å². The number of hydrogen-bond acceptors (Lipinski definition) is 0. The van der Waals surface area contributed by atoms with Gasteiger partial charge in [0.25, 0.3) is 0 Å². The molecule has 0 aliphatic carbocycles. The second kappa shape index (κ2) is 5.18. The molecule has 0 amide bonds. The molecule has 0 aromatic rings. The predicted octanol–water partition coefficient (Wildman–Crippen LogP) is 0.713. The van der Waals surface area contributed by atoms with Crippen molar-refractivity contribution in [1.82, 2.24) is 0 Å². The minimum absolute atomic E-state index is 0.887. The molecule has 0 aromatic carbocycles. The molecule has 0 N–H and O–H groups in total. The van der Waals surface area contributed by atoms with E-state index in [4.69, 9.17) is 0 Å². The van der Waals surface area contributed by atoms with E-state index in [1.54, 1.807) is 17.1 Å². The van der Waals surface area contributed by atoms with Crippen LogP contribution in [0, 0.1) is 0 Å². The molecule has 0 bridgehead atoms. The summed E-state index contributed by atoms with van der Waals surface area (Å²) in [5.41, 5.74) is 0. The Bertz CT molecular complexity index is 366. The average molecular weight is 604 g/mol. The number of rotatable bonds is 0. The first-order valence-electron chi connectivity index (χ1n) is 5.31. The average Bonchev–Trinajstić information content (AvgIpc) is 2.94. The van der Waals surface area contributed by atoms with Crippen LogP contribution in [0.25, 0.3) is 0 Å². The third kappa shape index (κ3) is 2.23. The molecule has 2 fully saturated rings. The van der Waals surface area contributed by atoms with Gasteiger partial charge in [-0.05, 0) is 0 Å². The van der Waals surface area contributed by atoms with Crippen LogP contribution in [-0.2, 0) is 0 Å². The summed E-state index contributed by atoms with van der Waals surface area (Å²) in [6, 6.07) is 0. The third-order valence-electron chi connectivity index (χ3n) is 2.83. The van der Waals surface area contributed by atoms with Gasteiger partial charge in [-0.1, -0.05) is 0 Å². The monoisotopic (exact) mass is 610 g/mol. The van der Waals surface area contributed by atoms with Gasteiger partial charge in [-0.3, -0.25) is 0 Å². The van der Waals surface area contributed by atoms with E-state index in [0.717, 1.165) is 89.7 Å². The van der Waals surface area contributed by atoms with Crippen LogP contribution in [-0.4, -0.2) is 89.7 Å². The summed E-state index contributed by atoms with van der Waals surface area (Å²) in [6.45, 7) is 0. The van der Waals surface area contributed by atoms with Crippen LogP contribution in [0.4, 0.5) is 0 Å². The molecule has 6 heteroatoms. The van der Waals surface area contributed by atoms with Crippen molar-refractivity contribution in [3.05, 3.63) is 14.6 Å². The molecule has 0 saturated carbocycles. The van der Waals surface area contributed by atoms with Gasteiger partial charge < -0.3 is 0 Å². The SMILES string of the molecule is C1CC2=C([Se]1)[Se]/C(=C1\[Se]C3CC[Se]C3[Se]1)[Se]2. The van der Waals surface area contributed by atoms with Crippen LogP contribution in [0.15, 0.2) is 14.6 Å². The Kier molecular flexibility index (Phi) is 4.00. The maximum absolute atomic E-state index is 2.11. The van der Waals surface area contributed by atoms with Gasteiger partial charge in [0.2, 0.25) is 0 Å². The van der Waals surface area contributed by atoms with Gasteiger partial charge in [-0.25, -0.2) is 0 Å². The Morgan fingerprint density at radius 3 is 2.81 bits per heavy atom. The fourth-order valence-electron chi connectivity index (χ4n) is 2.03. The van der Waals surface area contributed by atoms with Gasteiger partial charge in [0.1, 0.15) is 0 Å². The first kappa shape index (κ1) is 12.3. The van der Waals surface area contributed by atoms with Crippen molar-refractivity contribution in [1.29, 1.82) is 0 Å². The summed E-state index contributed by atoms with van der Waals surface area (Å²) in [7, 11) is 0. The zero-order valence-corrected chi connectivity index (χ0v) is 18.7. The fraction of sp³-hybridized carbons (Fsp3) is 0.600. The summed E-state index contributed by atoms with van der Waals surface area (Å²) >= 11 is 5.78. The molecule has 4 heterocycles. The Balaban J connectivity index is 1.55. The maximum atomic E-state index is 2.11. The van der Waals surface area contributed by atoms with Crippen LogP contribution >= 0.6 is 0 Å². The van der Waals surface area contributed by atoms with Crippen LogP contribution in [0.2, 0.25) is 19.2 Å². The van der Waals surface area contributed by atoms with Crippen LogP contribution in [0.3, 0.4) is 0 Å². The molecule has 2 saturated heterocycles. The van der Waals surface area contributed by atoms with Crippen molar-refractivity contribution in [2.45, 2.75) is 32.0 Å². The molecule has 0 nitrogen and oxygen atoms in total. The van der Waals surface area contributed by atoms with Crippen molar-refractivity contribution in [2.75, 3.05) is 0 Å². The molecule has 2 atom stereocenters. The normalized spacial score (nSPS) is 42.0. The van der Waals surface area contributed by atoms with E-state index < -0.39 is 0 Å². The van der Waals surface area contributed by atoms with E-state index in [9.17, 15) is 0 Å². The molecular weight excluding hydrogens is 594 g/mol. The predicted molar refractivity (Wildman–Crippen MR) is 74.9 cm³/mol. The Hall–Kier alpha value is 2.60. The number of allylic oxidation sites excluding steroid dienone is 1. The quantitative estimate of drug-likeness (QED) is 0.358. The number of hydrogen-bond donors (Lipinski definition) is 0. The Morgan fingerprint density at radius 1 is 0.938 bits per heavy atom. The Labute approximate surface area is 134 Å². The molecule has 86 valence electrons. The topological polar surface area (TPSA) is 0 Å². The molecule has 0 spiro atoms. The second-order valence-electron chi connectivity index (χ2n) is 3.89. The zero-order valence-electron chi connectivity index (χ0n) is 8.43. The second-order valence-corrected chi connectivity index (χ2v) is 23.8. The van der Waals surface area contributed by atoms with Gasteiger partial charge >= 0.3 is 136 Å². The molecule has 4 rings (SSSR count). The summed E-state index contributed by atoms with van der Waals surface area (Å²) in [5, 5.41) is 3.19. The first-order valence-corrected chi connectivity index (χ1v) is 16.7. The summed E-state index contributed by atoms with van der Waals surface area (Å²) < 4.78 is 9.48. The standard InChI is InChI=1S/C10H10Se6/c1-3-11-7-5(1)13-9(15-7)10-14-6-2-4-12-8(6)16-10/h5,7H,1-4H2/b10-9+. The molecular formula is C10H10Se6. The van der Waals surface area contributed by atoms with Crippen molar-refractivity contribution < 1.29 is 0 Å². The Morgan fingerprint density at radius 2 is 1.94 bits per heavy atom. The van der Waals surface area contributed by atoms with E-state index in [2.05, 4.69) is 6.74 Å². The van der Waals surface area contributed by atoms with Crippen molar-refractivity contribution in [3.63, 3.8) is 0 Å². The third-order valence-corrected chi connectivity index (χ3v) is 30.0. The van der Waals surface area contributed by atoms with Crippen LogP contribution in [0.1, 0.15) is 12.8 Å². The summed E-state index contributed by atoms with van der Waals surface area (Å²) in [4.78, 5) is 1.24. The molecule has 2 unspecified atom stereocenters. The van der Waals surface area contributed by atoms with Crippen molar-refractivity contribution >= 4 is 89.7 Å². The van der Waals surface area contributed by atoms with E-state index in [-0.39, 0.29) is 0 Å². The molecule has 0 aromatic heterocycles. The first-order chi connectivity index (χ1) is 7.90. The van der Waals surface area contributed by atoms with E-state index in [1.165, 1.54) is 15.0 Å². The summed E-state index contributed by atoms with van der Waals surface area (Å²) in [5.74, 6) is 0. The number of fused-ring (bicyclic) bond motifs is 1. The fourth-order valence-corrected chi connectivity index (χ4v) is 35.0. The summed E-state index contributed by atoms with van der Waals surface area (Å²) in [6.07, 6.45) is 3.14. The minimum atomic E-state index is 0.887. The van der Waals surface area contributed by atoms with Gasteiger partial charge in [0, 0.05) is 0 Å². The van der Waals surface area contributed by atoms with Gasteiger partial charge in [-0.2, -0.15) is 0 Å². The van der Waals surface area contributed by atoms with E-state index >= 15 is 0 Å². The van der Waals surface area contributed by atoms with Gasteiger partial charge in [0.15, 0.2) is 0 Å². The molecule has 4 aliphatic heterocycles. The molecule has 16 heavy (non-hydrogen) atoms. The molecule has 0 radical (unpaired) electrons. The van der Waals surface area contributed by atoms with Crippen LogP contribution < -0.4 is 0 Å². The van der Waals surface area contributed by atoms with Gasteiger partial charge in [0.05, 0.1) is 0 Å². The zero-order chi connectivity index (χ0) is 10.5. The van der Waals surface area contributed by atoms with E-state index in [0.29, 0.717) is 0 Å². The molecule has 4 aliphatic rings. The van der Waals surface area contributed by atoms with Gasteiger partial charge in [-0.15, -0.1) is 0 Å². The van der Waals surface area contributed by atoms with E-state index in [1.807, 2.05) is 7.84 Å².